The van der Waals surface area contributed by atoms with Crippen molar-refractivity contribution in [1.29, 1.82) is 0 Å². The summed E-state index contributed by atoms with van der Waals surface area (Å²) in [5, 5.41) is 0. The van der Waals surface area contributed by atoms with E-state index in [9.17, 15) is 14.4 Å². The van der Waals surface area contributed by atoms with E-state index in [-0.39, 0.29) is 31.1 Å². The van der Waals surface area contributed by atoms with Gasteiger partial charge >= 0.3 is 17.9 Å². The van der Waals surface area contributed by atoms with Crippen molar-refractivity contribution in [3.63, 3.8) is 0 Å². The summed E-state index contributed by atoms with van der Waals surface area (Å²) in [7, 11) is 0. The average Bonchev–Trinajstić information content (AvgIpc) is 3.37. The molecule has 410 valence electrons. The fourth-order valence-corrected chi connectivity index (χ4v) is 8.53. The van der Waals surface area contributed by atoms with Crippen LogP contribution in [0.3, 0.4) is 0 Å². The van der Waals surface area contributed by atoms with Gasteiger partial charge < -0.3 is 14.2 Å². The number of ether oxygens (including phenoxy) is 3. The number of hydrogen-bond acceptors (Lipinski definition) is 6. The molecule has 0 aromatic rings. The van der Waals surface area contributed by atoms with Gasteiger partial charge in [-0.3, -0.25) is 14.4 Å². The van der Waals surface area contributed by atoms with Crippen LogP contribution in [-0.2, 0) is 28.6 Å². The predicted molar refractivity (Wildman–Crippen MR) is 307 cm³/mol. The molecule has 0 aliphatic carbocycles. The zero-order valence-corrected chi connectivity index (χ0v) is 47.0. The first-order chi connectivity index (χ1) is 35.0. The molecule has 6 nitrogen and oxygen atoms in total. The number of carbonyl (C=O) groups excluding carboxylic acids is 3. The predicted octanol–water partition coefficient (Wildman–Crippen LogP) is 20.5. The molecule has 0 saturated heterocycles. The molecule has 0 unspecified atom stereocenters. The molecule has 0 aromatic heterocycles. The van der Waals surface area contributed by atoms with Crippen LogP contribution in [0, 0.1) is 0 Å². The fraction of sp³-hybridized carbons (Fsp3) is 0.769. The second-order valence-corrected chi connectivity index (χ2v) is 20.2. The molecule has 0 fully saturated rings. The van der Waals surface area contributed by atoms with Crippen molar-refractivity contribution in [1.82, 2.24) is 0 Å². The molecule has 0 N–H and O–H groups in total. The van der Waals surface area contributed by atoms with Gasteiger partial charge in [0.05, 0.1) is 0 Å². The molecular formula is C65H114O6. The molecule has 0 saturated carbocycles. The summed E-state index contributed by atoms with van der Waals surface area (Å²) in [5.41, 5.74) is 0. The third-order valence-corrected chi connectivity index (χ3v) is 13.2. The molecule has 0 amide bonds. The van der Waals surface area contributed by atoms with E-state index in [1.807, 2.05) is 0 Å². The van der Waals surface area contributed by atoms with Crippen molar-refractivity contribution >= 4 is 17.9 Å². The zero-order valence-electron chi connectivity index (χ0n) is 47.0. The number of carbonyl (C=O) groups is 3. The molecule has 6 heteroatoms. The number of unbranched alkanes of at least 4 members (excludes halogenated alkanes) is 32. The number of allylic oxidation sites excluding steroid dienone is 12. The Balaban J connectivity index is 4.44. The third-order valence-electron chi connectivity index (χ3n) is 13.2. The molecule has 0 spiro atoms. The highest BCUT2D eigenvalue weighted by Crippen LogP contribution is 2.15. The Morgan fingerprint density at radius 3 is 0.845 bits per heavy atom. The molecule has 1 atom stereocenters. The fourth-order valence-electron chi connectivity index (χ4n) is 8.53. The van der Waals surface area contributed by atoms with Crippen molar-refractivity contribution in [2.75, 3.05) is 13.2 Å². The average molecular weight is 992 g/mol. The summed E-state index contributed by atoms with van der Waals surface area (Å²) >= 11 is 0. The van der Waals surface area contributed by atoms with E-state index >= 15 is 0 Å². The molecule has 0 radical (unpaired) electrons. The highest BCUT2D eigenvalue weighted by Gasteiger charge is 2.19. The van der Waals surface area contributed by atoms with Crippen LogP contribution >= 0.6 is 0 Å². The Labute approximate surface area is 440 Å². The van der Waals surface area contributed by atoms with Gasteiger partial charge in [0.1, 0.15) is 13.2 Å². The normalized spacial score (nSPS) is 12.5. The number of rotatable bonds is 55. The van der Waals surface area contributed by atoms with Gasteiger partial charge in [-0.1, -0.05) is 241 Å². The first-order valence-corrected chi connectivity index (χ1v) is 30.4. The monoisotopic (exact) mass is 991 g/mol. The van der Waals surface area contributed by atoms with Gasteiger partial charge in [0.2, 0.25) is 0 Å². The highest BCUT2D eigenvalue weighted by molar-refractivity contribution is 5.71. The third kappa shape index (κ3) is 57.6. The summed E-state index contributed by atoms with van der Waals surface area (Å²) in [6.45, 7) is 6.60. The Morgan fingerprint density at radius 1 is 0.282 bits per heavy atom. The SMILES string of the molecule is CCCCC/C=C\C/C=C\C/C=C\C/C=C\CCCCCC(=O)OC[C@@H](COC(=O)CCCCCCCCC/C=C\CCCCCCCC)OC(=O)CCCCCCCCC/C=C\CCCCCCCC. The van der Waals surface area contributed by atoms with Gasteiger partial charge in [-0.2, -0.15) is 0 Å². The molecule has 0 bridgehead atoms. The summed E-state index contributed by atoms with van der Waals surface area (Å²) in [5.74, 6) is -0.918. The summed E-state index contributed by atoms with van der Waals surface area (Å²) < 4.78 is 16.9. The van der Waals surface area contributed by atoms with Crippen LogP contribution in [0.15, 0.2) is 72.9 Å². The number of esters is 3. The quantitative estimate of drug-likeness (QED) is 0.0261. The number of hydrogen-bond donors (Lipinski definition) is 0. The van der Waals surface area contributed by atoms with Gasteiger partial charge in [0, 0.05) is 19.3 Å². The standard InChI is InChI=1S/C65H114O6/c1-4-7-10-13-16-19-22-25-28-31-32-35-37-40-43-46-49-52-55-58-64(67)70-61-62(71-65(68)59-56-53-50-47-44-41-38-34-30-27-24-21-18-15-12-9-6-3)60-69-63(66)57-54-51-48-45-42-39-36-33-29-26-23-20-17-14-11-8-5-2/h16,19,25-30,32,35,40,43,62H,4-15,17-18,20-24,31,33-34,36-39,41-42,44-61H2,1-3H3/b19-16-,28-25-,29-26-,30-27-,35-32-,43-40-/t62-/m1/s1. The van der Waals surface area contributed by atoms with Gasteiger partial charge in [-0.15, -0.1) is 0 Å². The van der Waals surface area contributed by atoms with Crippen molar-refractivity contribution < 1.29 is 28.6 Å². The lowest BCUT2D eigenvalue weighted by Crippen LogP contribution is -2.30. The van der Waals surface area contributed by atoms with E-state index in [1.54, 1.807) is 0 Å². The minimum Gasteiger partial charge on any atom is -0.462 e. The Bertz CT molecular complexity index is 1320. The van der Waals surface area contributed by atoms with E-state index in [0.717, 1.165) is 83.5 Å². The van der Waals surface area contributed by atoms with Crippen LogP contribution < -0.4 is 0 Å². The van der Waals surface area contributed by atoms with Crippen LogP contribution in [0.25, 0.3) is 0 Å². The highest BCUT2D eigenvalue weighted by atomic mass is 16.6. The van der Waals surface area contributed by atoms with Crippen molar-refractivity contribution in [2.24, 2.45) is 0 Å². The van der Waals surface area contributed by atoms with Crippen LogP contribution in [0.2, 0.25) is 0 Å². The minimum atomic E-state index is -0.793. The Morgan fingerprint density at radius 2 is 0.507 bits per heavy atom. The van der Waals surface area contributed by atoms with E-state index in [1.165, 1.54) is 180 Å². The minimum absolute atomic E-state index is 0.0887. The zero-order chi connectivity index (χ0) is 51.4. The first kappa shape index (κ1) is 67.8. The molecular weight excluding hydrogens is 877 g/mol. The Kier molecular flexibility index (Phi) is 56.8. The van der Waals surface area contributed by atoms with E-state index in [2.05, 4.69) is 93.7 Å². The lowest BCUT2D eigenvalue weighted by Gasteiger charge is -2.18. The molecule has 0 aliphatic heterocycles. The van der Waals surface area contributed by atoms with E-state index in [4.69, 9.17) is 14.2 Å². The molecule has 71 heavy (non-hydrogen) atoms. The second kappa shape index (κ2) is 59.4. The van der Waals surface area contributed by atoms with Crippen molar-refractivity contribution in [3.05, 3.63) is 72.9 Å². The van der Waals surface area contributed by atoms with Crippen molar-refractivity contribution in [2.45, 2.75) is 309 Å². The first-order valence-electron chi connectivity index (χ1n) is 30.4. The Hall–Kier alpha value is -3.15. The largest absolute Gasteiger partial charge is 0.462 e. The molecule has 0 aromatic carbocycles. The van der Waals surface area contributed by atoms with Crippen LogP contribution in [-0.4, -0.2) is 37.2 Å². The van der Waals surface area contributed by atoms with Gasteiger partial charge in [-0.25, -0.2) is 0 Å². The summed E-state index contributed by atoms with van der Waals surface area (Å²) in [6, 6.07) is 0. The van der Waals surface area contributed by atoms with Gasteiger partial charge in [-0.05, 0) is 116 Å². The molecule has 0 aliphatic rings. The molecule has 0 heterocycles. The lowest BCUT2D eigenvalue weighted by atomic mass is 10.1. The molecule has 0 rings (SSSR count). The lowest BCUT2D eigenvalue weighted by molar-refractivity contribution is -0.167. The van der Waals surface area contributed by atoms with Crippen molar-refractivity contribution in [3.8, 4) is 0 Å². The maximum Gasteiger partial charge on any atom is 0.306 e. The maximum atomic E-state index is 12.9. The topological polar surface area (TPSA) is 78.9 Å². The van der Waals surface area contributed by atoms with E-state index in [0.29, 0.717) is 19.3 Å². The van der Waals surface area contributed by atoms with Gasteiger partial charge in [0.15, 0.2) is 6.10 Å². The summed E-state index contributed by atoms with van der Waals surface area (Å²) in [6.07, 6.45) is 76.0. The second-order valence-electron chi connectivity index (χ2n) is 20.2. The van der Waals surface area contributed by atoms with Gasteiger partial charge in [0.25, 0.3) is 0 Å². The maximum absolute atomic E-state index is 12.9. The van der Waals surface area contributed by atoms with Crippen LogP contribution in [0.4, 0.5) is 0 Å². The summed E-state index contributed by atoms with van der Waals surface area (Å²) in [4.78, 5) is 38.2. The smallest absolute Gasteiger partial charge is 0.306 e. The van der Waals surface area contributed by atoms with Crippen LogP contribution in [0.1, 0.15) is 303 Å². The van der Waals surface area contributed by atoms with E-state index < -0.39 is 6.10 Å². The van der Waals surface area contributed by atoms with Crippen LogP contribution in [0.5, 0.6) is 0 Å².